The van der Waals surface area contributed by atoms with Gasteiger partial charge < -0.3 is 19.7 Å². The lowest BCUT2D eigenvalue weighted by Gasteiger charge is -2.23. The van der Waals surface area contributed by atoms with Gasteiger partial charge in [0.2, 0.25) is 11.8 Å². The van der Waals surface area contributed by atoms with E-state index in [0.717, 1.165) is 16.0 Å². The van der Waals surface area contributed by atoms with Crippen LogP contribution in [0.3, 0.4) is 0 Å². The van der Waals surface area contributed by atoms with Crippen LogP contribution in [-0.4, -0.2) is 55.1 Å². The highest BCUT2D eigenvalue weighted by atomic mass is 32.1. The molecule has 25 heavy (non-hydrogen) atoms. The number of nitrogens with zero attached hydrogens (tertiary/aromatic N) is 2. The van der Waals surface area contributed by atoms with Crippen molar-refractivity contribution in [2.24, 2.45) is 5.92 Å². The molecule has 2 amide bonds. The van der Waals surface area contributed by atoms with Crippen molar-refractivity contribution in [2.45, 2.75) is 19.4 Å². The van der Waals surface area contributed by atoms with Gasteiger partial charge in [-0.2, -0.15) is 0 Å². The van der Waals surface area contributed by atoms with Crippen molar-refractivity contribution in [1.82, 2.24) is 9.88 Å². The van der Waals surface area contributed by atoms with Crippen LogP contribution in [0.5, 0.6) is 5.75 Å². The normalized spacial score (nSPS) is 18.6. The van der Waals surface area contributed by atoms with E-state index in [4.69, 9.17) is 9.47 Å². The molecule has 1 saturated heterocycles. The molecule has 7 nitrogen and oxygen atoms in total. The Morgan fingerprint density at radius 2 is 2.28 bits per heavy atom. The van der Waals surface area contributed by atoms with Crippen molar-refractivity contribution in [3.8, 4) is 5.75 Å². The number of anilines is 1. The summed E-state index contributed by atoms with van der Waals surface area (Å²) in [7, 11) is 3.21. The highest BCUT2D eigenvalue weighted by molar-refractivity contribution is 7.22. The van der Waals surface area contributed by atoms with Crippen molar-refractivity contribution in [3.05, 3.63) is 18.2 Å². The number of hydrogen-bond donors (Lipinski definition) is 1. The monoisotopic (exact) mass is 363 g/mol. The second-order valence-electron chi connectivity index (χ2n) is 6.09. The lowest BCUT2D eigenvalue weighted by atomic mass is 10.1. The molecule has 3 rings (SSSR count). The maximum atomic E-state index is 12.5. The van der Waals surface area contributed by atoms with E-state index in [-0.39, 0.29) is 30.2 Å². The van der Waals surface area contributed by atoms with Crippen LogP contribution in [0.2, 0.25) is 0 Å². The molecule has 0 spiro atoms. The van der Waals surface area contributed by atoms with Gasteiger partial charge in [0.1, 0.15) is 5.75 Å². The van der Waals surface area contributed by atoms with E-state index in [2.05, 4.69) is 10.3 Å². The fourth-order valence-corrected chi connectivity index (χ4v) is 3.85. The number of thiazole rings is 1. The van der Waals surface area contributed by atoms with Crippen molar-refractivity contribution < 1.29 is 19.1 Å². The van der Waals surface area contributed by atoms with Gasteiger partial charge in [-0.15, -0.1) is 0 Å². The molecule has 0 saturated carbocycles. The molecule has 1 aromatic carbocycles. The number of methoxy groups -OCH3 is 2. The Balaban J connectivity index is 1.67. The van der Waals surface area contributed by atoms with Crippen LogP contribution < -0.4 is 10.1 Å². The predicted octanol–water partition coefficient (Wildman–Crippen LogP) is 2.13. The Hall–Kier alpha value is -2.19. The van der Waals surface area contributed by atoms with E-state index in [0.29, 0.717) is 18.3 Å². The summed E-state index contributed by atoms with van der Waals surface area (Å²) in [5.41, 5.74) is 0.805. The maximum absolute atomic E-state index is 12.5. The molecule has 0 radical (unpaired) electrons. The van der Waals surface area contributed by atoms with Crippen LogP contribution >= 0.6 is 11.3 Å². The first-order valence-corrected chi connectivity index (χ1v) is 8.87. The molecule has 0 unspecified atom stereocenters. The summed E-state index contributed by atoms with van der Waals surface area (Å²) in [6.45, 7) is 2.79. The summed E-state index contributed by atoms with van der Waals surface area (Å²) in [5.74, 6) is 0.191. The summed E-state index contributed by atoms with van der Waals surface area (Å²) in [5, 5.41) is 3.37. The molecular weight excluding hydrogens is 342 g/mol. The number of carbonyl (C=O) groups excluding carboxylic acids is 2. The van der Waals surface area contributed by atoms with Crippen LogP contribution in [0.25, 0.3) is 10.2 Å². The quantitative estimate of drug-likeness (QED) is 0.850. The Morgan fingerprint density at radius 3 is 3.00 bits per heavy atom. The third kappa shape index (κ3) is 3.74. The fraction of sp³-hybridized carbons (Fsp3) is 0.471. The average molecular weight is 363 g/mol. The van der Waals surface area contributed by atoms with E-state index in [1.54, 1.807) is 19.1 Å². The van der Waals surface area contributed by atoms with Gasteiger partial charge in [0.15, 0.2) is 5.13 Å². The van der Waals surface area contributed by atoms with Crippen LogP contribution in [0.1, 0.15) is 13.3 Å². The minimum atomic E-state index is -0.367. The van der Waals surface area contributed by atoms with Crippen LogP contribution in [0, 0.1) is 5.92 Å². The van der Waals surface area contributed by atoms with Crippen molar-refractivity contribution in [1.29, 1.82) is 0 Å². The number of hydrogen-bond acceptors (Lipinski definition) is 6. The highest BCUT2D eigenvalue weighted by Crippen LogP contribution is 2.30. The molecule has 8 heteroatoms. The lowest BCUT2D eigenvalue weighted by molar-refractivity contribution is -0.130. The van der Waals surface area contributed by atoms with Gasteiger partial charge >= 0.3 is 0 Å². The third-order valence-corrected chi connectivity index (χ3v) is 5.23. The zero-order valence-electron chi connectivity index (χ0n) is 14.4. The topological polar surface area (TPSA) is 80.8 Å². The second-order valence-corrected chi connectivity index (χ2v) is 7.12. The van der Waals surface area contributed by atoms with Crippen LogP contribution in [0.4, 0.5) is 5.13 Å². The van der Waals surface area contributed by atoms with Crippen molar-refractivity contribution >= 4 is 38.5 Å². The van der Waals surface area contributed by atoms with E-state index in [1.165, 1.54) is 11.3 Å². The summed E-state index contributed by atoms with van der Waals surface area (Å²) < 4.78 is 11.2. The second kappa shape index (κ2) is 7.37. The first-order chi connectivity index (χ1) is 12.0. The zero-order chi connectivity index (χ0) is 18.0. The smallest absolute Gasteiger partial charge is 0.231 e. The molecule has 2 aromatic rings. The van der Waals surface area contributed by atoms with Gasteiger partial charge in [0.25, 0.3) is 0 Å². The third-order valence-electron chi connectivity index (χ3n) is 4.29. The highest BCUT2D eigenvalue weighted by Gasteiger charge is 2.36. The number of likely N-dealkylation sites (tertiary alicyclic amines) is 1. The molecule has 2 atom stereocenters. The Labute approximate surface area is 149 Å². The van der Waals surface area contributed by atoms with E-state index in [1.807, 2.05) is 25.1 Å². The number of rotatable bonds is 6. The molecule has 1 aliphatic rings. The number of fused-ring (bicyclic) bond motifs is 1. The minimum absolute atomic E-state index is 0.0151. The number of aromatic nitrogens is 1. The molecular formula is C17H21N3O4S. The summed E-state index contributed by atoms with van der Waals surface area (Å²) in [6, 6.07) is 5.53. The van der Waals surface area contributed by atoms with Crippen molar-refractivity contribution in [2.75, 3.05) is 32.7 Å². The Bertz CT molecular complexity index is 791. The fourth-order valence-electron chi connectivity index (χ4n) is 2.96. The van der Waals surface area contributed by atoms with Gasteiger partial charge in [-0.1, -0.05) is 11.3 Å². The first-order valence-electron chi connectivity index (χ1n) is 8.05. The van der Waals surface area contributed by atoms with Gasteiger partial charge in [-0.25, -0.2) is 4.98 Å². The predicted molar refractivity (Wildman–Crippen MR) is 96.0 cm³/mol. The number of carbonyl (C=O) groups is 2. The lowest BCUT2D eigenvalue weighted by Crippen LogP contribution is -2.38. The molecule has 0 aliphatic carbocycles. The molecule has 1 aliphatic heterocycles. The Morgan fingerprint density at radius 1 is 1.48 bits per heavy atom. The standard InChI is InChI=1S/C17H21N3O4S/c1-10(9-23-2)20-8-11(6-15(20)21)16(22)19-17-18-13-5-4-12(24-3)7-14(13)25-17/h4-5,7,10-11H,6,8-9H2,1-3H3,(H,18,19,22)/t10-,11+/m0/s1. The number of amides is 2. The molecule has 0 bridgehead atoms. The Kier molecular flexibility index (Phi) is 5.19. The van der Waals surface area contributed by atoms with E-state index in [9.17, 15) is 9.59 Å². The molecule has 1 aromatic heterocycles. The molecule has 1 N–H and O–H groups in total. The zero-order valence-corrected chi connectivity index (χ0v) is 15.3. The SMILES string of the molecule is COC[C@H](C)N1C[C@H](C(=O)Nc2nc3ccc(OC)cc3s2)CC1=O. The van der Waals surface area contributed by atoms with Crippen molar-refractivity contribution in [3.63, 3.8) is 0 Å². The number of benzene rings is 1. The van der Waals surface area contributed by atoms with Gasteiger partial charge in [-0.3, -0.25) is 9.59 Å². The minimum Gasteiger partial charge on any atom is -0.497 e. The first kappa shape index (κ1) is 17.6. The van der Waals surface area contributed by atoms with E-state index < -0.39 is 0 Å². The van der Waals surface area contributed by atoms with Crippen LogP contribution in [0.15, 0.2) is 18.2 Å². The summed E-state index contributed by atoms with van der Waals surface area (Å²) >= 11 is 1.39. The molecule has 1 fully saturated rings. The van der Waals surface area contributed by atoms with Crippen LogP contribution in [-0.2, 0) is 14.3 Å². The van der Waals surface area contributed by atoms with Gasteiger partial charge in [-0.05, 0) is 25.1 Å². The van der Waals surface area contributed by atoms with Gasteiger partial charge in [0, 0.05) is 20.1 Å². The van der Waals surface area contributed by atoms with E-state index >= 15 is 0 Å². The average Bonchev–Trinajstić information content (AvgIpc) is 3.17. The summed E-state index contributed by atoms with van der Waals surface area (Å²) in [6.07, 6.45) is 0.221. The summed E-state index contributed by atoms with van der Waals surface area (Å²) in [4.78, 5) is 30.8. The molecule has 134 valence electrons. The largest absolute Gasteiger partial charge is 0.497 e. The maximum Gasteiger partial charge on any atom is 0.231 e. The van der Waals surface area contributed by atoms with Gasteiger partial charge in [0.05, 0.1) is 35.9 Å². The molecule has 2 heterocycles. The number of ether oxygens (including phenoxy) is 2. The number of nitrogens with one attached hydrogen (secondary N) is 1.